The van der Waals surface area contributed by atoms with Crippen LogP contribution in [0.3, 0.4) is 0 Å². The van der Waals surface area contributed by atoms with Crippen LogP contribution in [0.5, 0.6) is 0 Å². The van der Waals surface area contributed by atoms with E-state index in [4.69, 9.17) is 4.42 Å². The van der Waals surface area contributed by atoms with Crippen molar-refractivity contribution in [2.24, 2.45) is 18.9 Å². The van der Waals surface area contributed by atoms with Crippen LogP contribution in [0.25, 0.3) is 44.3 Å². The highest BCUT2D eigenvalue weighted by atomic mass is 19.1. The number of furan rings is 1. The molecule has 5 aromatic rings. The number of fused-ring (bicyclic) bond motifs is 3. The van der Waals surface area contributed by atoms with Crippen LogP contribution < -0.4 is 4.57 Å². The second-order valence-corrected chi connectivity index (χ2v) is 12.4. The van der Waals surface area contributed by atoms with Crippen molar-refractivity contribution in [2.45, 2.75) is 70.6 Å². The molecule has 0 aliphatic heterocycles. The van der Waals surface area contributed by atoms with Crippen LogP contribution in [-0.4, -0.2) is 0 Å². The molecule has 0 atom stereocenters. The Bertz CT molecular complexity index is 1670. The zero-order valence-corrected chi connectivity index (χ0v) is 23.8. The summed E-state index contributed by atoms with van der Waals surface area (Å²) in [5.74, 6) is 1.83. The monoisotopic (exact) mass is 532 g/mol. The predicted molar refractivity (Wildman–Crippen MR) is 162 cm³/mol. The van der Waals surface area contributed by atoms with Crippen molar-refractivity contribution in [3.8, 4) is 22.4 Å². The quantitative estimate of drug-likeness (QED) is 0.210. The lowest BCUT2D eigenvalue weighted by molar-refractivity contribution is -0.660. The number of nitrogens with zero attached hydrogens (tertiary/aromatic N) is 1. The van der Waals surface area contributed by atoms with Crippen LogP contribution in [0.15, 0.2) is 77.3 Å². The Morgan fingerprint density at radius 2 is 1.43 bits per heavy atom. The molecule has 0 bridgehead atoms. The molecular weight excluding hydrogens is 493 g/mol. The molecule has 0 N–H and O–H groups in total. The lowest BCUT2D eigenvalue weighted by Crippen LogP contribution is -2.30. The molecule has 3 aromatic carbocycles. The Kier molecular flexibility index (Phi) is 6.70. The van der Waals surface area contributed by atoms with E-state index < -0.39 is 0 Å². The first kappa shape index (κ1) is 25.5. The van der Waals surface area contributed by atoms with Crippen LogP contribution in [0.4, 0.5) is 4.39 Å². The SMILES string of the molecule is Cc1ccc2c(oc3c(C4CCC(C5CCCCC5)CC4)c(F)ccc32)c1-c1cc(-c2ccccc2)cc[n+]1C. The summed E-state index contributed by atoms with van der Waals surface area (Å²) in [5.41, 5.74) is 8.11. The third kappa shape index (κ3) is 4.44. The number of pyridine rings is 1. The van der Waals surface area contributed by atoms with Crippen molar-refractivity contribution in [1.82, 2.24) is 0 Å². The molecule has 0 saturated heterocycles. The minimum Gasteiger partial charge on any atom is -0.455 e. The molecule has 0 radical (unpaired) electrons. The molecular formula is C37H39FNO+. The molecule has 0 unspecified atom stereocenters. The molecule has 2 nitrogen and oxygen atoms in total. The zero-order valence-electron chi connectivity index (χ0n) is 23.8. The second-order valence-electron chi connectivity index (χ2n) is 12.4. The van der Waals surface area contributed by atoms with Gasteiger partial charge in [0, 0.05) is 28.5 Å². The maximum Gasteiger partial charge on any atom is 0.216 e. The molecule has 0 spiro atoms. The fourth-order valence-corrected chi connectivity index (χ4v) is 7.81. The van der Waals surface area contributed by atoms with E-state index in [0.29, 0.717) is 0 Å². The standard InChI is InChI=1S/C37H39FNO/c1-24-13-18-30-31-19-20-32(38)35(28-16-14-27(15-17-28)25-9-5-3-6-10-25)37(31)40-36(30)34(24)33-23-29(21-22-39(33)2)26-11-7-4-8-12-26/h4,7-8,11-13,18-23,25,27-28H,3,5-6,9-10,14-17H2,1-2H3/q+1. The van der Waals surface area contributed by atoms with Gasteiger partial charge in [-0.25, -0.2) is 8.96 Å². The third-order valence-electron chi connectivity index (χ3n) is 10.0. The zero-order chi connectivity index (χ0) is 27.2. The molecule has 2 aliphatic rings. The average Bonchev–Trinajstić information content (AvgIpc) is 3.37. The summed E-state index contributed by atoms with van der Waals surface area (Å²) in [5, 5.41) is 2.10. The minimum atomic E-state index is -0.109. The summed E-state index contributed by atoms with van der Waals surface area (Å²) in [6, 6.07) is 22.8. The van der Waals surface area contributed by atoms with Gasteiger partial charge in [-0.15, -0.1) is 0 Å². The van der Waals surface area contributed by atoms with Crippen LogP contribution in [0, 0.1) is 24.6 Å². The third-order valence-corrected chi connectivity index (χ3v) is 10.0. The van der Waals surface area contributed by atoms with E-state index >= 15 is 4.39 Å². The topological polar surface area (TPSA) is 17.0 Å². The fraction of sp³-hybridized carbons (Fsp3) is 0.378. The van der Waals surface area contributed by atoms with E-state index in [1.807, 2.05) is 12.1 Å². The lowest BCUT2D eigenvalue weighted by atomic mass is 9.70. The summed E-state index contributed by atoms with van der Waals surface area (Å²) in [7, 11) is 2.08. The van der Waals surface area contributed by atoms with Crippen LogP contribution in [0.2, 0.25) is 0 Å². The van der Waals surface area contributed by atoms with Crippen LogP contribution in [0.1, 0.15) is 74.8 Å². The Morgan fingerprint density at radius 1 is 0.725 bits per heavy atom. The molecule has 2 fully saturated rings. The van der Waals surface area contributed by atoms with Gasteiger partial charge >= 0.3 is 0 Å². The highest BCUT2D eigenvalue weighted by Crippen LogP contribution is 2.47. The molecule has 2 aromatic heterocycles. The molecule has 2 heterocycles. The number of halogens is 1. The van der Waals surface area contributed by atoms with Gasteiger partial charge in [0.05, 0.1) is 5.56 Å². The first-order valence-corrected chi connectivity index (χ1v) is 15.3. The van der Waals surface area contributed by atoms with Crippen molar-refractivity contribution >= 4 is 21.9 Å². The summed E-state index contributed by atoms with van der Waals surface area (Å²) in [6.45, 7) is 2.14. The number of rotatable bonds is 4. The largest absolute Gasteiger partial charge is 0.455 e. The first-order chi connectivity index (χ1) is 19.6. The maximum absolute atomic E-state index is 15.6. The van der Waals surface area contributed by atoms with Crippen molar-refractivity contribution in [1.29, 1.82) is 0 Å². The first-order valence-electron chi connectivity index (χ1n) is 15.3. The minimum absolute atomic E-state index is 0.109. The van der Waals surface area contributed by atoms with E-state index in [-0.39, 0.29) is 11.7 Å². The fourth-order valence-electron chi connectivity index (χ4n) is 7.81. The van der Waals surface area contributed by atoms with Crippen LogP contribution in [-0.2, 0) is 7.05 Å². The molecule has 2 aliphatic carbocycles. The molecule has 0 amide bonds. The Labute approximate surface area is 236 Å². The van der Waals surface area contributed by atoms with Gasteiger partial charge < -0.3 is 4.42 Å². The molecule has 7 rings (SSSR count). The van der Waals surface area contributed by atoms with Crippen molar-refractivity contribution < 1.29 is 13.4 Å². The Morgan fingerprint density at radius 3 is 2.20 bits per heavy atom. The molecule has 40 heavy (non-hydrogen) atoms. The number of benzene rings is 3. The summed E-state index contributed by atoms with van der Waals surface area (Å²) >= 11 is 0. The number of aryl methyl sites for hydroxylation is 2. The van der Waals surface area contributed by atoms with Gasteiger partial charge in [-0.2, -0.15) is 0 Å². The van der Waals surface area contributed by atoms with Gasteiger partial charge in [0.1, 0.15) is 24.0 Å². The van der Waals surface area contributed by atoms with Crippen LogP contribution >= 0.6 is 0 Å². The van der Waals surface area contributed by atoms with E-state index in [2.05, 4.69) is 73.3 Å². The van der Waals surface area contributed by atoms with E-state index in [9.17, 15) is 0 Å². The number of hydrogen-bond donors (Lipinski definition) is 0. The van der Waals surface area contributed by atoms with Crippen molar-refractivity contribution in [3.05, 3.63) is 89.9 Å². The van der Waals surface area contributed by atoms with Gasteiger partial charge in [0.25, 0.3) is 0 Å². The predicted octanol–water partition coefficient (Wildman–Crippen LogP) is 10.0. The maximum atomic E-state index is 15.6. The lowest BCUT2D eigenvalue weighted by Gasteiger charge is -2.36. The Balaban J connectivity index is 1.31. The number of hydrogen-bond acceptors (Lipinski definition) is 1. The highest BCUT2D eigenvalue weighted by Gasteiger charge is 2.32. The summed E-state index contributed by atoms with van der Waals surface area (Å²) in [6.07, 6.45) is 13.7. The second kappa shape index (κ2) is 10.5. The van der Waals surface area contributed by atoms with E-state index in [0.717, 1.165) is 69.0 Å². The average molecular weight is 533 g/mol. The molecule has 204 valence electrons. The summed E-state index contributed by atoms with van der Waals surface area (Å²) < 4.78 is 24.6. The van der Waals surface area contributed by atoms with E-state index in [1.54, 1.807) is 6.07 Å². The van der Waals surface area contributed by atoms with Crippen molar-refractivity contribution in [3.63, 3.8) is 0 Å². The summed E-state index contributed by atoms with van der Waals surface area (Å²) in [4.78, 5) is 0. The van der Waals surface area contributed by atoms with E-state index in [1.165, 1.54) is 56.1 Å². The highest BCUT2D eigenvalue weighted by molar-refractivity contribution is 6.10. The number of aromatic nitrogens is 1. The van der Waals surface area contributed by atoms with Crippen molar-refractivity contribution in [2.75, 3.05) is 0 Å². The van der Waals surface area contributed by atoms with Gasteiger partial charge in [-0.3, -0.25) is 0 Å². The van der Waals surface area contributed by atoms with Gasteiger partial charge in [0.15, 0.2) is 6.20 Å². The molecule has 2 saturated carbocycles. The normalized spacial score (nSPS) is 20.4. The van der Waals surface area contributed by atoms with Gasteiger partial charge in [-0.1, -0.05) is 74.6 Å². The van der Waals surface area contributed by atoms with Gasteiger partial charge in [-0.05, 0) is 79.2 Å². The smallest absolute Gasteiger partial charge is 0.216 e. The molecule has 3 heteroatoms. The van der Waals surface area contributed by atoms with Gasteiger partial charge in [0.2, 0.25) is 5.69 Å². The Hall–Kier alpha value is -3.46.